The lowest BCUT2D eigenvalue weighted by Crippen LogP contribution is -2.41. The summed E-state index contributed by atoms with van der Waals surface area (Å²) in [7, 11) is 0. The molecule has 2 aliphatic heterocycles. The molecule has 31 heavy (non-hydrogen) atoms. The van der Waals surface area contributed by atoms with E-state index in [9.17, 15) is 9.59 Å². The molecular formula is C21H28N4O4S2. The van der Waals surface area contributed by atoms with Gasteiger partial charge in [-0.1, -0.05) is 17.8 Å². The largest absolute Gasteiger partial charge is 0.466 e. The molecule has 2 aromatic heterocycles. The number of hydrogen-bond acceptors (Lipinski definition) is 8. The van der Waals surface area contributed by atoms with Gasteiger partial charge in [0.15, 0.2) is 11.0 Å². The van der Waals surface area contributed by atoms with E-state index in [1.807, 2.05) is 29.3 Å². The highest BCUT2D eigenvalue weighted by molar-refractivity contribution is 7.99. The van der Waals surface area contributed by atoms with E-state index in [0.29, 0.717) is 44.8 Å². The molecule has 2 aliphatic rings. The molecule has 0 aliphatic carbocycles. The number of hydrogen-bond donors (Lipinski definition) is 0. The van der Waals surface area contributed by atoms with Crippen molar-refractivity contribution in [3.05, 3.63) is 17.5 Å². The second-order valence-corrected chi connectivity index (χ2v) is 9.62. The van der Waals surface area contributed by atoms with Crippen LogP contribution in [0.4, 0.5) is 0 Å². The molecule has 10 heteroatoms. The fourth-order valence-electron chi connectivity index (χ4n) is 3.98. The van der Waals surface area contributed by atoms with Crippen LogP contribution in [0.1, 0.15) is 32.6 Å². The topological polar surface area (TPSA) is 86.5 Å². The molecule has 0 radical (unpaired) electrons. The number of ether oxygens (including phenoxy) is 2. The lowest BCUT2D eigenvalue weighted by Gasteiger charge is -2.30. The summed E-state index contributed by atoms with van der Waals surface area (Å²) in [6.07, 6.45) is 3.58. The van der Waals surface area contributed by atoms with Gasteiger partial charge in [0.25, 0.3) is 0 Å². The van der Waals surface area contributed by atoms with Gasteiger partial charge >= 0.3 is 5.97 Å². The van der Waals surface area contributed by atoms with Crippen LogP contribution in [0, 0.1) is 5.92 Å². The van der Waals surface area contributed by atoms with Crippen molar-refractivity contribution >= 4 is 35.0 Å². The van der Waals surface area contributed by atoms with E-state index in [0.717, 1.165) is 35.3 Å². The van der Waals surface area contributed by atoms with Crippen LogP contribution in [0.2, 0.25) is 0 Å². The number of thioether (sulfide) groups is 1. The van der Waals surface area contributed by atoms with Gasteiger partial charge in [0, 0.05) is 19.7 Å². The molecule has 0 aromatic carbocycles. The average molecular weight is 465 g/mol. The average Bonchev–Trinajstić information content (AvgIpc) is 3.55. The SMILES string of the molecule is CCOC(=O)C1CCN(C(=O)CSc2nnc(-c3cccs3)n2C[C@@H]2CCCO2)CC1. The Hall–Kier alpha value is -1.91. The molecule has 168 valence electrons. The quantitative estimate of drug-likeness (QED) is 0.438. The molecule has 0 unspecified atom stereocenters. The number of amides is 1. The van der Waals surface area contributed by atoms with Crippen molar-refractivity contribution in [1.29, 1.82) is 0 Å². The van der Waals surface area contributed by atoms with Crippen LogP contribution in [-0.4, -0.2) is 69.7 Å². The summed E-state index contributed by atoms with van der Waals surface area (Å²) in [5.74, 6) is 0.956. The predicted molar refractivity (Wildman–Crippen MR) is 119 cm³/mol. The van der Waals surface area contributed by atoms with Gasteiger partial charge < -0.3 is 14.4 Å². The van der Waals surface area contributed by atoms with E-state index in [2.05, 4.69) is 14.8 Å². The monoisotopic (exact) mass is 464 g/mol. The lowest BCUT2D eigenvalue weighted by atomic mass is 9.97. The summed E-state index contributed by atoms with van der Waals surface area (Å²) in [6, 6.07) is 4.04. The maximum absolute atomic E-state index is 12.8. The number of carbonyl (C=O) groups excluding carboxylic acids is 2. The fourth-order valence-corrected chi connectivity index (χ4v) is 5.55. The van der Waals surface area contributed by atoms with Crippen LogP contribution in [0.25, 0.3) is 10.7 Å². The van der Waals surface area contributed by atoms with Gasteiger partial charge in [0.05, 0.1) is 35.8 Å². The number of esters is 1. The highest BCUT2D eigenvalue weighted by Crippen LogP contribution is 2.29. The molecule has 8 nitrogen and oxygen atoms in total. The summed E-state index contributed by atoms with van der Waals surface area (Å²) >= 11 is 3.05. The summed E-state index contributed by atoms with van der Waals surface area (Å²) in [4.78, 5) is 27.6. The minimum Gasteiger partial charge on any atom is -0.466 e. The molecule has 0 spiro atoms. The van der Waals surface area contributed by atoms with Crippen molar-refractivity contribution in [1.82, 2.24) is 19.7 Å². The zero-order valence-corrected chi connectivity index (χ0v) is 19.3. The van der Waals surface area contributed by atoms with Crippen molar-refractivity contribution in [3.63, 3.8) is 0 Å². The first-order valence-corrected chi connectivity index (χ1v) is 12.7. The number of piperidine rings is 1. The molecule has 0 bridgehead atoms. The third kappa shape index (κ3) is 5.48. The van der Waals surface area contributed by atoms with Gasteiger partial charge in [-0.3, -0.25) is 14.2 Å². The Morgan fingerprint density at radius 2 is 2.13 bits per heavy atom. The van der Waals surface area contributed by atoms with Crippen molar-refractivity contribution in [2.75, 3.05) is 32.1 Å². The number of rotatable bonds is 8. The summed E-state index contributed by atoms with van der Waals surface area (Å²) in [6.45, 7) is 4.88. The number of aromatic nitrogens is 3. The van der Waals surface area contributed by atoms with Gasteiger partial charge in [0.2, 0.25) is 5.91 Å². The van der Waals surface area contributed by atoms with Crippen molar-refractivity contribution < 1.29 is 19.1 Å². The van der Waals surface area contributed by atoms with Crippen molar-refractivity contribution in [2.24, 2.45) is 5.92 Å². The number of likely N-dealkylation sites (tertiary alicyclic amines) is 1. The minimum absolute atomic E-state index is 0.0663. The third-order valence-corrected chi connectivity index (χ3v) is 7.48. The maximum atomic E-state index is 12.8. The minimum atomic E-state index is -0.146. The molecule has 4 rings (SSSR count). The van der Waals surface area contributed by atoms with Gasteiger partial charge in [-0.25, -0.2) is 0 Å². The highest BCUT2D eigenvalue weighted by Gasteiger charge is 2.29. The standard InChI is InChI=1S/C21H28N4O4S2/c1-2-28-20(27)15-7-9-24(10-8-15)18(26)14-31-21-23-22-19(17-6-4-12-30-17)25(21)13-16-5-3-11-29-16/h4,6,12,15-16H,2-3,5,7-11,13-14H2,1H3/t16-/m0/s1. The summed E-state index contributed by atoms with van der Waals surface area (Å²) in [5, 5.41) is 11.6. The number of thiophene rings is 1. The van der Waals surface area contributed by atoms with Gasteiger partial charge in [-0.05, 0) is 44.1 Å². The van der Waals surface area contributed by atoms with E-state index in [1.165, 1.54) is 11.8 Å². The van der Waals surface area contributed by atoms with E-state index >= 15 is 0 Å². The Balaban J connectivity index is 1.37. The molecule has 1 atom stereocenters. The zero-order chi connectivity index (χ0) is 21.6. The normalized spacial score (nSPS) is 19.6. The first kappa shape index (κ1) is 22.3. The highest BCUT2D eigenvalue weighted by atomic mass is 32.2. The van der Waals surface area contributed by atoms with E-state index in [1.54, 1.807) is 11.3 Å². The van der Waals surface area contributed by atoms with Gasteiger partial charge in [-0.2, -0.15) is 0 Å². The Morgan fingerprint density at radius 3 is 2.81 bits per heavy atom. The smallest absolute Gasteiger partial charge is 0.309 e. The van der Waals surface area contributed by atoms with E-state index in [4.69, 9.17) is 9.47 Å². The molecule has 1 amide bonds. The molecule has 2 aromatic rings. The lowest BCUT2D eigenvalue weighted by molar-refractivity contribution is -0.151. The first-order valence-electron chi connectivity index (χ1n) is 10.8. The van der Waals surface area contributed by atoms with E-state index in [-0.39, 0.29) is 23.9 Å². The predicted octanol–water partition coefficient (Wildman–Crippen LogP) is 3.08. The number of nitrogens with zero attached hydrogens (tertiary/aromatic N) is 4. The van der Waals surface area contributed by atoms with Crippen LogP contribution in [0.15, 0.2) is 22.7 Å². The molecular weight excluding hydrogens is 436 g/mol. The summed E-state index contributed by atoms with van der Waals surface area (Å²) in [5.41, 5.74) is 0. The van der Waals surface area contributed by atoms with Crippen molar-refractivity contribution in [2.45, 2.75) is 50.4 Å². The Bertz CT molecular complexity index is 872. The zero-order valence-electron chi connectivity index (χ0n) is 17.7. The molecule has 0 saturated carbocycles. The Labute approximate surface area is 190 Å². The molecule has 2 saturated heterocycles. The van der Waals surface area contributed by atoms with Crippen LogP contribution < -0.4 is 0 Å². The van der Waals surface area contributed by atoms with Crippen LogP contribution in [0.5, 0.6) is 0 Å². The Morgan fingerprint density at radius 1 is 1.29 bits per heavy atom. The molecule has 2 fully saturated rings. The van der Waals surface area contributed by atoms with E-state index < -0.39 is 0 Å². The first-order chi connectivity index (χ1) is 15.2. The van der Waals surface area contributed by atoms with Crippen LogP contribution in [-0.2, 0) is 25.6 Å². The van der Waals surface area contributed by atoms with Crippen molar-refractivity contribution in [3.8, 4) is 10.7 Å². The maximum Gasteiger partial charge on any atom is 0.309 e. The molecule has 0 N–H and O–H groups in total. The Kier molecular flexibility index (Phi) is 7.62. The third-order valence-electron chi connectivity index (χ3n) is 5.66. The van der Waals surface area contributed by atoms with Crippen LogP contribution in [0.3, 0.4) is 0 Å². The fraction of sp³-hybridized carbons (Fsp3) is 0.619. The number of carbonyl (C=O) groups is 2. The second kappa shape index (κ2) is 10.6. The van der Waals surface area contributed by atoms with Gasteiger partial charge in [0.1, 0.15) is 0 Å². The molecule has 4 heterocycles. The van der Waals surface area contributed by atoms with Gasteiger partial charge in [-0.15, -0.1) is 21.5 Å². The summed E-state index contributed by atoms with van der Waals surface area (Å²) < 4.78 is 13.0. The second-order valence-electron chi connectivity index (χ2n) is 7.72. The van der Waals surface area contributed by atoms with Crippen LogP contribution >= 0.6 is 23.1 Å².